The predicted octanol–water partition coefficient (Wildman–Crippen LogP) is 4.57. The Kier molecular flexibility index (Phi) is 5.32. The van der Waals surface area contributed by atoms with E-state index in [1.54, 1.807) is 0 Å². The van der Waals surface area contributed by atoms with E-state index >= 15 is 0 Å². The Labute approximate surface area is 150 Å². The summed E-state index contributed by atoms with van der Waals surface area (Å²) in [5.41, 5.74) is 11.0. The molecule has 2 nitrogen and oxygen atoms in total. The van der Waals surface area contributed by atoms with Crippen LogP contribution >= 0.6 is 0 Å². The molecule has 0 atom stereocenters. The Bertz CT molecular complexity index is 781. The molecule has 0 spiro atoms. The van der Waals surface area contributed by atoms with Gasteiger partial charge < -0.3 is 10.5 Å². The molecule has 0 aromatic heterocycles. The Morgan fingerprint density at radius 2 is 1.20 bits per heavy atom. The van der Waals surface area contributed by atoms with Gasteiger partial charge in [-0.15, -0.1) is 0 Å². The van der Waals surface area contributed by atoms with Crippen molar-refractivity contribution in [1.29, 1.82) is 0 Å². The van der Waals surface area contributed by atoms with Gasteiger partial charge in [0.25, 0.3) is 0 Å². The topological polar surface area (TPSA) is 35.2 Å². The highest BCUT2D eigenvalue weighted by molar-refractivity contribution is 5.52. The quantitative estimate of drug-likeness (QED) is 0.672. The standard InChI is InChI=1S/C23H25NO/c1-18-10-6-8-14-21(18)23(25-17-16-24,20-12-4-3-5-13-20)22-15-9-7-11-19(22)2/h3-15H,16-17,24H2,1-2H3. The van der Waals surface area contributed by atoms with Crippen LogP contribution in [0.15, 0.2) is 78.9 Å². The van der Waals surface area contributed by atoms with E-state index < -0.39 is 5.60 Å². The lowest BCUT2D eigenvalue weighted by Gasteiger charge is -2.38. The van der Waals surface area contributed by atoms with E-state index in [0.29, 0.717) is 13.2 Å². The molecule has 2 N–H and O–H groups in total. The van der Waals surface area contributed by atoms with Gasteiger partial charge in [-0.25, -0.2) is 0 Å². The Morgan fingerprint density at radius 1 is 0.720 bits per heavy atom. The van der Waals surface area contributed by atoms with Crippen molar-refractivity contribution < 1.29 is 4.74 Å². The zero-order valence-corrected chi connectivity index (χ0v) is 14.9. The summed E-state index contributed by atoms with van der Waals surface area (Å²) in [4.78, 5) is 0. The summed E-state index contributed by atoms with van der Waals surface area (Å²) in [6.45, 7) is 5.23. The Morgan fingerprint density at radius 3 is 1.68 bits per heavy atom. The zero-order valence-electron chi connectivity index (χ0n) is 14.9. The fraction of sp³-hybridized carbons (Fsp3) is 0.217. The number of nitrogens with two attached hydrogens (primary N) is 1. The predicted molar refractivity (Wildman–Crippen MR) is 104 cm³/mol. The van der Waals surface area contributed by atoms with Crippen molar-refractivity contribution in [1.82, 2.24) is 0 Å². The molecule has 128 valence electrons. The number of hydrogen-bond acceptors (Lipinski definition) is 2. The second-order valence-electron chi connectivity index (χ2n) is 6.31. The molecule has 0 aliphatic rings. The van der Waals surface area contributed by atoms with Crippen molar-refractivity contribution in [3.05, 3.63) is 107 Å². The molecule has 3 aromatic carbocycles. The summed E-state index contributed by atoms with van der Waals surface area (Å²) < 4.78 is 6.57. The molecule has 3 rings (SSSR count). The third kappa shape index (κ3) is 3.23. The number of aryl methyl sites for hydroxylation is 2. The van der Waals surface area contributed by atoms with E-state index in [1.165, 1.54) is 11.1 Å². The van der Waals surface area contributed by atoms with Crippen LogP contribution in [0.4, 0.5) is 0 Å². The second-order valence-corrected chi connectivity index (χ2v) is 6.31. The number of benzene rings is 3. The van der Waals surface area contributed by atoms with Crippen LogP contribution in [-0.2, 0) is 10.3 Å². The molecule has 0 aliphatic heterocycles. The van der Waals surface area contributed by atoms with E-state index in [-0.39, 0.29) is 0 Å². The molecule has 0 amide bonds. The molecule has 0 saturated carbocycles. The third-order valence-electron chi connectivity index (χ3n) is 4.67. The summed E-state index contributed by atoms with van der Waals surface area (Å²) in [6, 6.07) is 27.3. The molecule has 3 aromatic rings. The van der Waals surface area contributed by atoms with Crippen molar-refractivity contribution in [2.75, 3.05) is 13.2 Å². The van der Waals surface area contributed by atoms with Crippen LogP contribution in [0, 0.1) is 13.8 Å². The summed E-state index contributed by atoms with van der Waals surface area (Å²) in [7, 11) is 0. The highest BCUT2D eigenvalue weighted by Gasteiger charge is 2.39. The largest absolute Gasteiger partial charge is 0.360 e. The molecule has 25 heavy (non-hydrogen) atoms. The number of hydrogen-bond donors (Lipinski definition) is 1. The summed E-state index contributed by atoms with van der Waals surface area (Å²) in [5, 5.41) is 0. The summed E-state index contributed by atoms with van der Waals surface area (Å²) >= 11 is 0. The smallest absolute Gasteiger partial charge is 0.144 e. The maximum atomic E-state index is 6.57. The SMILES string of the molecule is Cc1ccccc1C(OCCN)(c1ccccc1)c1ccccc1C. The minimum absolute atomic E-state index is 0.479. The van der Waals surface area contributed by atoms with Crippen LogP contribution < -0.4 is 5.73 Å². The Hall–Kier alpha value is -2.42. The zero-order chi connectivity index (χ0) is 17.7. The van der Waals surface area contributed by atoms with Crippen LogP contribution in [-0.4, -0.2) is 13.2 Å². The average Bonchev–Trinajstić information content (AvgIpc) is 2.65. The minimum Gasteiger partial charge on any atom is -0.360 e. The first-order valence-electron chi connectivity index (χ1n) is 8.72. The first-order chi connectivity index (χ1) is 12.2. The van der Waals surface area contributed by atoms with Gasteiger partial charge in [0, 0.05) is 6.54 Å². The van der Waals surface area contributed by atoms with E-state index in [9.17, 15) is 0 Å². The van der Waals surface area contributed by atoms with Crippen LogP contribution in [0.1, 0.15) is 27.8 Å². The lowest BCUT2D eigenvalue weighted by Crippen LogP contribution is -2.36. The van der Waals surface area contributed by atoms with Crippen LogP contribution in [0.5, 0.6) is 0 Å². The molecule has 2 heteroatoms. The van der Waals surface area contributed by atoms with Gasteiger partial charge in [0.05, 0.1) is 6.61 Å². The van der Waals surface area contributed by atoms with Gasteiger partial charge >= 0.3 is 0 Å². The molecule has 0 aliphatic carbocycles. The second kappa shape index (κ2) is 7.64. The fourth-order valence-electron chi connectivity index (χ4n) is 3.52. The Balaban J connectivity index is 2.36. The molecular formula is C23H25NO. The molecule has 0 radical (unpaired) electrons. The van der Waals surface area contributed by atoms with Crippen molar-refractivity contribution in [3.8, 4) is 0 Å². The highest BCUT2D eigenvalue weighted by atomic mass is 16.5. The van der Waals surface area contributed by atoms with E-state index in [2.05, 4.69) is 86.6 Å². The first kappa shape index (κ1) is 17.4. The van der Waals surface area contributed by atoms with Crippen LogP contribution in [0.25, 0.3) is 0 Å². The number of rotatable bonds is 6. The van der Waals surface area contributed by atoms with Gasteiger partial charge in [-0.1, -0.05) is 78.9 Å². The van der Waals surface area contributed by atoms with Gasteiger partial charge in [-0.3, -0.25) is 0 Å². The minimum atomic E-state index is -0.669. The van der Waals surface area contributed by atoms with Crippen molar-refractivity contribution in [2.24, 2.45) is 5.73 Å². The van der Waals surface area contributed by atoms with E-state index in [1.807, 2.05) is 6.07 Å². The number of ether oxygens (including phenoxy) is 1. The summed E-state index contributed by atoms with van der Waals surface area (Å²) in [6.07, 6.45) is 0. The average molecular weight is 331 g/mol. The van der Waals surface area contributed by atoms with Gasteiger partial charge in [0.1, 0.15) is 5.60 Å². The fourth-order valence-corrected chi connectivity index (χ4v) is 3.52. The first-order valence-corrected chi connectivity index (χ1v) is 8.72. The molecule has 0 saturated heterocycles. The van der Waals surface area contributed by atoms with E-state index in [0.717, 1.165) is 16.7 Å². The monoisotopic (exact) mass is 331 g/mol. The van der Waals surface area contributed by atoms with Crippen LogP contribution in [0.2, 0.25) is 0 Å². The van der Waals surface area contributed by atoms with E-state index in [4.69, 9.17) is 10.5 Å². The van der Waals surface area contributed by atoms with Gasteiger partial charge in [0.15, 0.2) is 0 Å². The third-order valence-corrected chi connectivity index (χ3v) is 4.67. The molecule has 0 unspecified atom stereocenters. The molecule has 0 fully saturated rings. The van der Waals surface area contributed by atoms with Crippen LogP contribution in [0.3, 0.4) is 0 Å². The normalized spacial score (nSPS) is 11.5. The van der Waals surface area contributed by atoms with Gasteiger partial charge in [-0.2, -0.15) is 0 Å². The van der Waals surface area contributed by atoms with Crippen molar-refractivity contribution in [2.45, 2.75) is 19.4 Å². The lowest BCUT2D eigenvalue weighted by molar-refractivity contribution is 0.0170. The molecular weight excluding hydrogens is 306 g/mol. The lowest BCUT2D eigenvalue weighted by atomic mass is 9.76. The highest BCUT2D eigenvalue weighted by Crippen LogP contribution is 2.42. The van der Waals surface area contributed by atoms with Crippen molar-refractivity contribution in [3.63, 3.8) is 0 Å². The maximum absolute atomic E-state index is 6.57. The molecule has 0 bridgehead atoms. The van der Waals surface area contributed by atoms with Gasteiger partial charge in [-0.05, 0) is 41.7 Å². The molecule has 0 heterocycles. The summed E-state index contributed by atoms with van der Waals surface area (Å²) in [5.74, 6) is 0. The maximum Gasteiger partial charge on any atom is 0.144 e. The van der Waals surface area contributed by atoms with Gasteiger partial charge in [0.2, 0.25) is 0 Å². The van der Waals surface area contributed by atoms with Crippen molar-refractivity contribution >= 4 is 0 Å².